The Bertz CT molecular complexity index is 1630. The standard InChI is InChI=1S/C33H33N3O7/c1-18(2)30(31(39)29-19(3)32(40)36-33(29)41)35-28(38)16-24(23-11-10-21-6-4-5-7-22(21)15-23)34-27(37)13-9-20-8-12-25-26(14-20)43-17-42-25/h4-15,18-19,24,29-30H,16-17H2,1-3H3,(H,34,37)(H,35,38)(H,36,40,41)/b13-9+/t19-,24?,29+,30-/m0/s1. The van der Waals surface area contributed by atoms with Gasteiger partial charge in [-0.1, -0.05) is 63.2 Å². The Labute approximate surface area is 248 Å². The van der Waals surface area contributed by atoms with Crippen LogP contribution in [-0.4, -0.2) is 42.2 Å². The molecule has 2 heterocycles. The van der Waals surface area contributed by atoms with E-state index in [0.29, 0.717) is 17.1 Å². The summed E-state index contributed by atoms with van der Waals surface area (Å²) in [5.41, 5.74) is 1.45. The Balaban J connectivity index is 1.34. The molecule has 0 radical (unpaired) electrons. The van der Waals surface area contributed by atoms with Gasteiger partial charge in [0, 0.05) is 6.08 Å². The van der Waals surface area contributed by atoms with E-state index in [9.17, 15) is 24.0 Å². The fourth-order valence-corrected chi connectivity index (χ4v) is 5.33. The Morgan fingerprint density at radius 1 is 0.930 bits per heavy atom. The van der Waals surface area contributed by atoms with Crippen LogP contribution >= 0.6 is 0 Å². The smallest absolute Gasteiger partial charge is 0.244 e. The maximum absolute atomic E-state index is 13.4. The Morgan fingerprint density at radius 2 is 1.67 bits per heavy atom. The third-order valence-electron chi connectivity index (χ3n) is 7.74. The van der Waals surface area contributed by atoms with Gasteiger partial charge in [0.05, 0.1) is 24.4 Å². The molecule has 0 bridgehead atoms. The zero-order valence-corrected chi connectivity index (χ0v) is 24.1. The van der Waals surface area contributed by atoms with Crippen LogP contribution in [0.3, 0.4) is 0 Å². The molecule has 0 aromatic heterocycles. The lowest BCUT2D eigenvalue weighted by Gasteiger charge is -2.26. The lowest BCUT2D eigenvalue weighted by Crippen LogP contribution is -2.49. The Hall–Kier alpha value is -4.99. The number of Topliss-reactive ketones (excluding diaryl/α,β-unsaturated/α-hetero) is 1. The molecule has 0 spiro atoms. The van der Waals surface area contributed by atoms with Gasteiger partial charge in [-0.25, -0.2) is 0 Å². The summed E-state index contributed by atoms with van der Waals surface area (Å²) < 4.78 is 10.7. The number of fused-ring (bicyclic) bond motifs is 2. The van der Waals surface area contributed by atoms with Crippen LogP contribution in [0.15, 0.2) is 66.7 Å². The minimum Gasteiger partial charge on any atom is -0.454 e. The first-order valence-electron chi connectivity index (χ1n) is 14.2. The van der Waals surface area contributed by atoms with Crippen LogP contribution in [0, 0.1) is 17.8 Å². The van der Waals surface area contributed by atoms with E-state index in [4.69, 9.17) is 9.47 Å². The van der Waals surface area contributed by atoms with E-state index >= 15 is 0 Å². The number of imide groups is 1. The van der Waals surface area contributed by atoms with Gasteiger partial charge in [0.1, 0.15) is 5.92 Å². The minimum atomic E-state index is -1.17. The van der Waals surface area contributed by atoms with Crippen molar-refractivity contribution in [2.45, 2.75) is 39.3 Å². The molecule has 4 atom stereocenters. The summed E-state index contributed by atoms with van der Waals surface area (Å²) in [6.07, 6.45) is 2.85. The number of hydrogen-bond acceptors (Lipinski definition) is 7. The average Bonchev–Trinajstić information content (AvgIpc) is 3.56. The summed E-state index contributed by atoms with van der Waals surface area (Å²) in [4.78, 5) is 64.1. The van der Waals surface area contributed by atoms with Crippen molar-refractivity contribution in [1.29, 1.82) is 0 Å². The Morgan fingerprint density at radius 3 is 2.40 bits per heavy atom. The van der Waals surface area contributed by atoms with E-state index in [-0.39, 0.29) is 19.1 Å². The number of amides is 4. The van der Waals surface area contributed by atoms with Gasteiger partial charge in [-0.2, -0.15) is 0 Å². The highest BCUT2D eigenvalue weighted by Gasteiger charge is 2.46. The molecule has 3 aromatic rings. The molecule has 10 heteroatoms. The van der Waals surface area contributed by atoms with Crippen molar-refractivity contribution in [3.8, 4) is 11.5 Å². The van der Waals surface area contributed by atoms with Gasteiger partial charge in [0.15, 0.2) is 17.3 Å². The number of ketones is 1. The second kappa shape index (κ2) is 12.5. The van der Waals surface area contributed by atoms with Crippen LogP contribution in [0.2, 0.25) is 0 Å². The molecule has 3 N–H and O–H groups in total. The number of hydrogen-bond donors (Lipinski definition) is 3. The first kappa shape index (κ1) is 29.5. The van der Waals surface area contributed by atoms with E-state index in [0.717, 1.165) is 16.3 Å². The summed E-state index contributed by atoms with van der Waals surface area (Å²) in [7, 11) is 0. The lowest BCUT2D eigenvalue weighted by atomic mass is 9.85. The van der Waals surface area contributed by atoms with E-state index in [2.05, 4.69) is 16.0 Å². The van der Waals surface area contributed by atoms with Crippen molar-refractivity contribution in [2.24, 2.45) is 17.8 Å². The predicted molar refractivity (Wildman–Crippen MR) is 159 cm³/mol. The summed E-state index contributed by atoms with van der Waals surface area (Å²) in [6, 6.07) is 17.0. The molecular weight excluding hydrogens is 550 g/mol. The summed E-state index contributed by atoms with van der Waals surface area (Å²) >= 11 is 0. The van der Waals surface area contributed by atoms with Crippen LogP contribution < -0.4 is 25.4 Å². The lowest BCUT2D eigenvalue weighted by molar-refractivity contribution is -0.137. The number of ether oxygens (including phenoxy) is 2. The molecule has 1 saturated heterocycles. The molecule has 2 aliphatic heterocycles. The molecule has 0 saturated carbocycles. The van der Waals surface area contributed by atoms with Gasteiger partial charge < -0.3 is 20.1 Å². The fourth-order valence-electron chi connectivity index (χ4n) is 5.33. The molecule has 1 fully saturated rings. The van der Waals surface area contributed by atoms with Gasteiger partial charge >= 0.3 is 0 Å². The van der Waals surface area contributed by atoms with Crippen LogP contribution in [-0.2, 0) is 24.0 Å². The number of carbonyl (C=O) groups excluding carboxylic acids is 5. The largest absolute Gasteiger partial charge is 0.454 e. The van der Waals surface area contributed by atoms with Crippen molar-refractivity contribution in [3.63, 3.8) is 0 Å². The fraction of sp³-hybridized carbons (Fsp3) is 0.303. The van der Waals surface area contributed by atoms with Gasteiger partial charge in [-0.05, 0) is 52.1 Å². The third-order valence-corrected chi connectivity index (χ3v) is 7.74. The van der Waals surface area contributed by atoms with E-state index < -0.39 is 53.3 Å². The van der Waals surface area contributed by atoms with Crippen LogP contribution in [0.25, 0.3) is 16.8 Å². The van der Waals surface area contributed by atoms with Crippen LogP contribution in [0.5, 0.6) is 11.5 Å². The molecule has 43 heavy (non-hydrogen) atoms. The van der Waals surface area contributed by atoms with Crippen molar-refractivity contribution < 1.29 is 33.4 Å². The maximum atomic E-state index is 13.4. The second-order valence-corrected chi connectivity index (χ2v) is 11.1. The van der Waals surface area contributed by atoms with Crippen LogP contribution in [0.1, 0.15) is 44.4 Å². The molecule has 1 unspecified atom stereocenters. The number of carbonyl (C=O) groups is 5. The summed E-state index contributed by atoms with van der Waals surface area (Å²) in [6.45, 7) is 5.18. The molecule has 10 nitrogen and oxygen atoms in total. The number of nitrogens with one attached hydrogen (secondary N) is 3. The molecule has 4 amide bonds. The summed E-state index contributed by atoms with van der Waals surface area (Å²) in [5.74, 6) is -3.69. The predicted octanol–water partition coefficient (Wildman–Crippen LogP) is 3.45. The zero-order chi connectivity index (χ0) is 30.7. The van der Waals surface area contributed by atoms with Crippen molar-refractivity contribution in [3.05, 3.63) is 77.9 Å². The molecule has 5 rings (SSSR count). The molecule has 2 aliphatic rings. The van der Waals surface area contributed by atoms with E-state index in [1.807, 2.05) is 42.5 Å². The van der Waals surface area contributed by atoms with Gasteiger partial charge in [0.25, 0.3) is 0 Å². The highest BCUT2D eigenvalue weighted by molar-refractivity contribution is 6.16. The quantitative estimate of drug-likeness (QED) is 0.189. The number of rotatable bonds is 10. The normalized spacial score (nSPS) is 19.0. The van der Waals surface area contributed by atoms with E-state index in [1.165, 1.54) is 13.0 Å². The van der Waals surface area contributed by atoms with Crippen LogP contribution in [0.4, 0.5) is 0 Å². The topological polar surface area (TPSA) is 140 Å². The number of benzene rings is 3. The van der Waals surface area contributed by atoms with Gasteiger partial charge in [-0.3, -0.25) is 29.3 Å². The van der Waals surface area contributed by atoms with E-state index in [1.54, 1.807) is 38.1 Å². The third kappa shape index (κ3) is 6.58. The molecule has 3 aromatic carbocycles. The van der Waals surface area contributed by atoms with Crippen molar-refractivity contribution in [2.75, 3.05) is 6.79 Å². The maximum Gasteiger partial charge on any atom is 0.244 e. The van der Waals surface area contributed by atoms with Gasteiger partial charge in [-0.15, -0.1) is 0 Å². The average molecular weight is 584 g/mol. The second-order valence-electron chi connectivity index (χ2n) is 11.1. The molecule has 0 aliphatic carbocycles. The van der Waals surface area contributed by atoms with Crippen molar-refractivity contribution in [1.82, 2.24) is 16.0 Å². The van der Waals surface area contributed by atoms with Gasteiger partial charge in [0.2, 0.25) is 30.4 Å². The minimum absolute atomic E-state index is 0.146. The monoisotopic (exact) mass is 583 g/mol. The molecule has 222 valence electrons. The molecular formula is C33H33N3O7. The Kier molecular flexibility index (Phi) is 8.56. The zero-order valence-electron chi connectivity index (χ0n) is 24.1. The summed E-state index contributed by atoms with van der Waals surface area (Å²) in [5, 5.41) is 9.83. The highest BCUT2D eigenvalue weighted by atomic mass is 16.7. The van der Waals surface area contributed by atoms with Crippen molar-refractivity contribution >= 4 is 46.3 Å². The first-order valence-corrected chi connectivity index (χ1v) is 14.2. The highest BCUT2D eigenvalue weighted by Crippen LogP contribution is 2.33. The SMILES string of the molecule is CC(C)[C@H](NC(=O)CC(NC(=O)/C=C/c1ccc2c(c1)OCO2)c1ccc2ccccc2c1)C(=O)[C@@H]1C(=O)NC(=O)[C@H]1C. The first-order chi connectivity index (χ1) is 20.6.